The highest BCUT2D eigenvalue weighted by molar-refractivity contribution is 7.87. The van der Waals surface area contributed by atoms with Crippen LogP contribution < -0.4 is 4.18 Å². The number of aromatic nitrogens is 1. The lowest BCUT2D eigenvalue weighted by Gasteiger charge is -2.11. The Labute approximate surface area is 171 Å². The van der Waals surface area contributed by atoms with E-state index in [9.17, 15) is 8.42 Å². The van der Waals surface area contributed by atoms with E-state index in [1.807, 2.05) is 25.1 Å². The fourth-order valence-electron chi connectivity index (χ4n) is 2.71. The van der Waals surface area contributed by atoms with Crippen molar-refractivity contribution in [1.82, 2.24) is 4.98 Å². The molecule has 5 nitrogen and oxygen atoms in total. The van der Waals surface area contributed by atoms with Gasteiger partial charge in [-0.15, -0.1) is 0 Å². The van der Waals surface area contributed by atoms with E-state index in [2.05, 4.69) is 4.98 Å². The number of oxazole rings is 1. The molecule has 0 saturated carbocycles. The van der Waals surface area contributed by atoms with Gasteiger partial charge in [0.15, 0.2) is 11.3 Å². The van der Waals surface area contributed by atoms with E-state index < -0.39 is 10.1 Å². The van der Waals surface area contributed by atoms with Crippen molar-refractivity contribution in [2.45, 2.75) is 11.8 Å². The van der Waals surface area contributed by atoms with Gasteiger partial charge in [-0.1, -0.05) is 47.5 Å². The maximum absolute atomic E-state index is 12.8. The first-order chi connectivity index (χ1) is 13.3. The quantitative estimate of drug-likeness (QED) is 0.376. The van der Waals surface area contributed by atoms with Crippen molar-refractivity contribution in [1.29, 1.82) is 0 Å². The summed E-state index contributed by atoms with van der Waals surface area (Å²) < 4.78 is 36.7. The standard InChI is InChI=1S/C20H13Cl2NO4S/c1-12-9-10-17-15(11-12)23-20(26-17)13-5-2-3-7-16(13)27-28(24,25)18-8-4-6-14(21)19(18)22/h2-11H,1H3. The number of para-hydroxylation sites is 1. The van der Waals surface area contributed by atoms with Crippen LogP contribution in [0.2, 0.25) is 10.0 Å². The first-order valence-corrected chi connectivity index (χ1v) is 10.4. The summed E-state index contributed by atoms with van der Waals surface area (Å²) in [6, 6.07) is 16.5. The molecular formula is C20H13Cl2NO4S. The second kappa shape index (κ2) is 7.13. The topological polar surface area (TPSA) is 69.4 Å². The molecule has 0 aliphatic carbocycles. The highest BCUT2D eigenvalue weighted by Gasteiger charge is 2.24. The van der Waals surface area contributed by atoms with Crippen LogP contribution in [0.5, 0.6) is 5.75 Å². The van der Waals surface area contributed by atoms with Crippen LogP contribution in [-0.2, 0) is 10.1 Å². The third kappa shape index (κ3) is 3.46. The number of nitrogens with zero attached hydrogens (tertiary/aromatic N) is 1. The fourth-order valence-corrected chi connectivity index (χ4v) is 4.40. The van der Waals surface area contributed by atoms with E-state index in [0.29, 0.717) is 16.7 Å². The summed E-state index contributed by atoms with van der Waals surface area (Å²) in [4.78, 5) is 4.23. The average molecular weight is 434 g/mol. The lowest BCUT2D eigenvalue weighted by atomic mass is 10.2. The minimum atomic E-state index is -4.22. The highest BCUT2D eigenvalue weighted by atomic mass is 35.5. The number of halogens is 2. The lowest BCUT2D eigenvalue weighted by molar-refractivity contribution is 0.485. The average Bonchev–Trinajstić information content (AvgIpc) is 3.07. The van der Waals surface area contributed by atoms with E-state index in [1.54, 1.807) is 18.2 Å². The second-order valence-electron chi connectivity index (χ2n) is 6.08. The summed E-state index contributed by atoms with van der Waals surface area (Å²) in [6.07, 6.45) is 0. The van der Waals surface area contributed by atoms with Gasteiger partial charge in [0, 0.05) is 0 Å². The molecule has 142 valence electrons. The van der Waals surface area contributed by atoms with Gasteiger partial charge in [-0.2, -0.15) is 8.42 Å². The fraction of sp³-hybridized carbons (Fsp3) is 0.0500. The number of aryl methyl sites for hydroxylation is 1. The second-order valence-corrected chi connectivity index (χ2v) is 8.38. The molecule has 0 atom stereocenters. The van der Waals surface area contributed by atoms with Crippen LogP contribution in [0.25, 0.3) is 22.6 Å². The third-order valence-corrected chi connectivity index (χ3v) is 6.25. The Morgan fingerprint density at radius 3 is 2.61 bits per heavy atom. The van der Waals surface area contributed by atoms with Gasteiger partial charge in [-0.05, 0) is 48.9 Å². The Bertz CT molecular complexity index is 1300. The van der Waals surface area contributed by atoms with Crippen molar-refractivity contribution in [2.75, 3.05) is 0 Å². The van der Waals surface area contributed by atoms with Crippen molar-refractivity contribution < 1.29 is 17.0 Å². The predicted molar refractivity (Wildman–Crippen MR) is 108 cm³/mol. The molecule has 0 unspecified atom stereocenters. The molecule has 0 saturated heterocycles. The Morgan fingerprint density at radius 2 is 1.79 bits per heavy atom. The van der Waals surface area contributed by atoms with E-state index in [4.69, 9.17) is 31.8 Å². The molecule has 0 N–H and O–H groups in total. The number of hydrogen-bond donors (Lipinski definition) is 0. The van der Waals surface area contributed by atoms with Crippen LogP contribution >= 0.6 is 23.2 Å². The lowest BCUT2D eigenvalue weighted by Crippen LogP contribution is -2.11. The van der Waals surface area contributed by atoms with Gasteiger partial charge in [-0.3, -0.25) is 0 Å². The number of rotatable bonds is 4. The largest absolute Gasteiger partial charge is 0.436 e. The molecule has 4 aromatic rings. The van der Waals surface area contributed by atoms with Gasteiger partial charge in [-0.25, -0.2) is 4.98 Å². The molecule has 0 fully saturated rings. The first-order valence-electron chi connectivity index (χ1n) is 8.20. The predicted octanol–water partition coefficient (Wildman–Crippen LogP) is 5.88. The Balaban J connectivity index is 1.78. The summed E-state index contributed by atoms with van der Waals surface area (Å²) in [7, 11) is -4.22. The smallest absolute Gasteiger partial charge is 0.340 e. The zero-order chi connectivity index (χ0) is 19.9. The molecule has 0 radical (unpaired) electrons. The molecule has 0 aliphatic heterocycles. The molecule has 1 heterocycles. The summed E-state index contributed by atoms with van der Waals surface area (Å²) in [6.45, 7) is 1.95. The zero-order valence-corrected chi connectivity index (χ0v) is 16.8. The first kappa shape index (κ1) is 18.8. The molecule has 0 spiro atoms. The van der Waals surface area contributed by atoms with Gasteiger partial charge in [0.05, 0.1) is 15.6 Å². The molecule has 3 aromatic carbocycles. The van der Waals surface area contributed by atoms with E-state index in [1.165, 1.54) is 24.3 Å². The molecule has 1 aromatic heterocycles. The third-order valence-electron chi connectivity index (χ3n) is 4.05. The highest BCUT2D eigenvalue weighted by Crippen LogP contribution is 2.35. The maximum atomic E-state index is 12.8. The van der Waals surface area contributed by atoms with Gasteiger partial charge < -0.3 is 8.60 Å². The van der Waals surface area contributed by atoms with Crippen molar-refractivity contribution in [3.8, 4) is 17.2 Å². The van der Waals surface area contributed by atoms with Crippen LogP contribution in [0.15, 0.2) is 70.0 Å². The molecule has 28 heavy (non-hydrogen) atoms. The van der Waals surface area contributed by atoms with Gasteiger partial charge in [0.25, 0.3) is 0 Å². The minimum Gasteiger partial charge on any atom is -0.436 e. The summed E-state index contributed by atoms with van der Waals surface area (Å²) in [5.41, 5.74) is 2.70. The van der Waals surface area contributed by atoms with E-state index in [-0.39, 0.29) is 26.6 Å². The monoisotopic (exact) mass is 433 g/mol. The molecular weight excluding hydrogens is 421 g/mol. The molecule has 8 heteroatoms. The molecule has 0 bridgehead atoms. The summed E-state index contributed by atoms with van der Waals surface area (Å²) >= 11 is 12.0. The number of hydrogen-bond acceptors (Lipinski definition) is 5. The van der Waals surface area contributed by atoms with Crippen LogP contribution in [0, 0.1) is 6.92 Å². The normalized spacial score (nSPS) is 11.7. The SMILES string of the molecule is Cc1ccc2oc(-c3ccccc3OS(=O)(=O)c3cccc(Cl)c3Cl)nc2c1. The van der Waals surface area contributed by atoms with E-state index in [0.717, 1.165) is 5.56 Å². The summed E-state index contributed by atoms with van der Waals surface area (Å²) in [5.74, 6) is 0.324. The van der Waals surface area contributed by atoms with Crippen molar-refractivity contribution in [3.63, 3.8) is 0 Å². The van der Waals surface area contributed by atoms with Crippen molar-refractivity contribution in [3.05, 3.63) is 76.3 Å². The maximum Gasteiger partial charge on any atom is 0.340 e. The van der Waals surface area contributed by atoms with Gasteiger partial charge in [0.2, 0.25) is 5.89 Å². The Kier molecular flexibility index (Phi) is 4.79. The Hall–Kier alpha value is -2.54. The number of fused-ring (bicyclic) bond motifs is 1. The molecule has 4 rings (SSSR count). The van der Waals surface area contributed by atoms with Crippen LogP contribution in [-0.4, -0.2) is 13.4 Å². The minimum absolute atomic E-state index is 0.0711. The van der Waals surface area contributed by atoms with Crippen LogP contribution in [0.1, 0.15) is 5.56 Å². The number of benzene rings is 3. The zero-order valence-electron chi connectivity index (χ0n) is 14.5. The van der Waals surface area contributed by atoms with Crippen LogP contribution in [0.4, 0.5) is 0 Å². The van der Waals surface area contributed by atoms with Crippen LogP contribution in [0.3, 0.4) is 0 Å². The molecule has 0 amide bonds. The van der Waals surface area contributed by atoms with Gasteiger partial charge >= 0.3 is 10.1 Å². The van der Waals surface area contributed by atoms with Crippen molar-refractivity contribution in [2.24, 2.45) is 0 Å². The molecule has 0 aliphatic rings. The van der Waals surface area contributed by atoms with E-state index >= 15 is 0 Å². The van der Waals surface area contributed by atoms with Gasteiger partial charge in [0.1, 0.15) is 10.4 Å². The summed E-state index contributed by atoms with van der Waals surface area (Å²) in [5, 5.41) is 0.0212. The van der Waals surface area contributed by atoms with Crippen molar-refractivity contribution >= 4 is 44.4 Å². The Morgan fingerprint density at radius 1 is 1.00 bits per heavy atom.